The van der Waals surface area contributed by atoms with E-state index in [9.17, 15) is 17.6 Å². The van der Waals surface area contributed by atoms with Gasteiger partial charge >= 0.3 is 6.36 Å². The summed E-state index contributed by atoms with van der Waals surface area (Å²) >= 11 is 5.92. The number of nitrogens with two attached hydrogens (primary N) is 1. The Balaban J connectivity index is 2.44. The van der Waals surface area contributed by atoms with Crippen molar-refractivity contribution < 1.29 is 22.3 Å². The maximum atomic E-state index is 13.9. The Labute approximate surface area is 118 Å². The van der Waals surface area contributed by atoms with Crippen molar-refractivity contribution in [2.75, 3.05) is 0 Å². The standard InChI is InChI=1S/C13H12ClF4NO/c14-9-2-1-3-11(20-13(16,17)18)12(9)8-6-7(19)4-5-10(8)15/h1-3,5,7-8H,4,6,19H2/t7-,8+/m1/s1. The van der Waals surface area contributed by atoms with Gasteiger partial charge in [0.05, 0.1) is 0 Å². The molecule has 0 heterocycles. The molecule has 2 nitrogen and oxygen atoms in total. The number of halogens is 5. The molecule has 1 aliphatic carbocycles. The van der Waals surface area contributed by atoms with Crippen molar-refractivity contribution in [2.24, 2.45) is 5.73 Å². The molecule has 0 saturated heterocycles. The molecule has 0 bridgehead atoms. The first kappa shape index (κ1) is 15.1. The number of ether oxygens (including phenoxy) is 1. The van der Waals surface area contributed by atoms with E-state index in [0.717, 1.165) is 6.07 Å². The first-order valence-electron chi connectivity index (χ1n) is 5.93. The summed E-state index contributed by atoms with van der Waals surface area (Å²) in [6.07, 6.45) is -3.06. The van der Waals surface area contributed by atoms with Gasteiger partial charge < -0.3 is 10.5 Å². The highest BCUT2D eigenvalue weighted by molar-refractivity contribution is 6.31. The number of hydrogen-bond donors (Lipinski definition) is 1. The molecule has 2 atom stereocenters. The molecule has 1 aromatic carbocycles. The molecule has 0 aromatic heterocycles. The summed E-state index contributed by atoms with van der Waals surface area (Å²) in [5.74, 6) is -1.94. The highest BCUT2D eigenvalue weighted by Crippen LogP contribution is 2.43. The highest BCUT2D eigenvalue weighted by atomic mass is 35.5. The Morgan fingerprint density at radius 3 is 2.65 bits per heavy atom. The number of benzene rings is 1. The summed E-state index contributed by atoms with van der Waals surface area (Å²) < 4.78 is 55.0. The number of hydrogen-bond acceptors (Lipinski definition) is 2. The molecule has 2 rings (SSSR count). The third-order valence-corrected chi connectivity index (χ3v) is 3.40. The van der Waals surface area contributed by atoms with E-state index in [1.807, 2.05) is 0 Å². The zero-order valence-corrected chi connectivity index (χ0v) is 11.0. The monoisotopic (exact) mass is 309 g/mol. The Morgan fingerprint density at radius 2 is 2.00 bits per heavy atom. The quantitative estimate of drug-likeness (QED) is 0.827. The number of alkyl halides is 3. The second-order valence-corrected chi connectivity index (χ2v) is 4.98. The Kier molecular flexibility index (Phi) is 4.25. The van der Waals surface area contributed by atoms with Crippen molar-refractivity contribution in [3.63, 3.8) is 0 Å². The van der Waals surface area contributed by atoms with Crippen LogP contribution in [-0.4, -0.2) is 12.4 Å². The van der Waals surface area contributed by atoms with Crippen LogP contribution in [0, 0.1) is 0 Å². The van der Waals surface area contributed by atoms with Crippen LogP contribution in [0.4, 0.5) is 17.6 Å². The molecule has 7 heteroatoms. The van der Waals surface area contributed by atoms with Gasteiger partial charge in [0.25, 0.3) is 0 Å². The Morgan fingerprint density at radius 1 is 1.30 bits per heavy atom. The van der Waals surface area contributed by atoms with E-state index in [-0.39, 0.29) is 23.0 Å². The van der Waals surface area contributed by atoms with Gasteiger partial charge in [-0.3, -0.25) is 0 Å². The fraction of sp³-hybridized carbons (Fsp3) is 0.385. The molecule has 0 fully saturated rings. The maximum absolute atomic E-state index is 13.9. The lowest BCUT2D eigenvalue weighted by molar-refractivity contribution is -0.275. The van der Waals surface area contributed by atoms with E-state index in [2.05, 4.69) is 4.74 Å². The molecule has 0 spiro atoms. The SMILES string of the molecule is N[C@@H]1CC=C(F)[C@@H](c2c(Cl)cccc2OC(F)(F)F)C1. The van der Waals surface area contributed by atoms with E-state index in [1.165, 1.54) is 18.2 Å². The topological polar surface area (TPSA) is 35.2 Å². The van der Waals surface area contributed by atoms with Gasteiger partial charge in [0.2, 0.25) is 0 Å². The molecule has 0 aliphatic heterocycles. The fourth-order valence-corrected chi connectivity index (χ4v) is 2.54. The molecule has 1 aromatic rings. The predicted molar refractivity (Wildman–Crippen MR) is 67.3 cm³/mol. The molecule has 2 N–H and O–H groups in total. The predicted octanol–water partition coefficient (Wildman–Crippen LogP) is 4.30. The normalized spacial score (nSPS) is 23.4. The molecule has 0 radical (unpaired) electrons. The maximum Gasteiger partial charge on any atom is 0.573 e. The van der Waals surface area contributed by atoms with Gasteiger partial charge in [-0.2, -0.15) is 0 Å². The Bertz CT molecular complexity index is 530. The van der Waals surface area contributed by atoms with E-state index in [1.54, 1.807) is 0 Å². The van der Waals surface area contributed by atoms with Crippen LogP contribution in [-0.2, 0) is 0 Å². The molecule has 110 valence electrons. The first-order chi connectivity index (χ1) is 9.28. The van der Waals surface area contributed by atoms with Crippen LogP contribution in [0.5, 0.6) is 5.75 Å². The average Bonchev–Trinajstić information content (AvgIpc) is 2.31. The number of allylic oxidation sites excluding steroid dienone is 1. The van der Waals surface area contributed by atoms with Crippen molar-refractivity contribution in [3.05, 3.63) is 40.7 Å². The van der Waals surface area contributed by atoms with Gasteiger partial charge in [0, 0.05) is 22.5 Å². The highest BCUT2D eigenvalue weighted by Gasteiger charge is 2.35. The van der Waals surface area contributed by atoms with Crippen molar-refractivity contribution >= 4 is 11.6 Å². The van der Waals surface area contributed by atoms with Crippen molar-refractivity contribution in [3.8, 4) is 5.75 Å². The third kappa shape index (κ3) is 3.43. The van der Waals surface area contributed by atoms with E-state index < -0.39 is 23.9 Å². The average molecular weight is 310 g/mol. The van der Waals surface area contributed by atoms with Crippen LogP contribution < -0.4 is 10.5 Å². The molecule has 20 heavy (non-hydrogen) atoms. The van der Waals surface area contributed by atoms with Gasteiger partial charge in [-0.05, 0) is 25.0 Å². The largest absolute Gasteiger partial charge is 0.573 e. The van der Waals surface area contributed by atoms with E-state index >= 15 is 0 Å². The van der Waals surface area contributed by atoms with Crippen LogP contribution in [0.25, 0.3) is 0 Å². The summed E-state index contributed by atoms with van der Waals surface area (Å²) in [6, 6.07) is 3.50. The van der Waals surface area contributed by atoms with Crippen molar-refractivity contribution in [1.29, 1.82) is 0 Å². The minimum Gasteiger partial charge on any atom is -0.405 e. The van der Waals surface area contributed by atoms with Gasteiger partial charge in [-0.25, -0.2) is 4.39 Å². The zero-order chi connectivity index (χ0) is 14.9. The zero-order valence-electron chi connectivity index (χ0n) is 10.3. The van der Waals surface area contributed by atoms with E-state index in [0.29, 0.717) is 6.42 Å². The number of rotatable bonds is 2. The van der Waals surface area contributed by atoms with Crippen LogP contribution in [0.15, 0.2) is 30.1 Å². The second-order valence-electron chi connectivity index (χ2n) is 4.57. The minimum absolute atomic E-state index is 0.0182. The molecule has 0 amide bonds. The second kappa shape index (κ2) is 5.61. The van der Waals surface area contributed by atoms with Gasteiger partial charge in [-0.15, -0.1) is 13.2 Å². The minimum atomic E-state index is -4.86. The lowest BCUT2D eigenvalue weighted by Crippen LogP contribution is -2.27. The Hall–Kier alpha value is -1.27. The molecule has 0 saturated carbocycles. The van der Waals surface area contributed by atoms with Gasteiger partial charge in [-0.1, -0.05) is 23.7 Å². The van der Waals surface area contributed by atoms with Crippen LogP contribution in [0.2, 0.25) is 5.02 Å². The summed E-state index contributed by atoms with van der Waals surface area (Å²) in [5, 5.41) is 0.0226. The summed E-state index contributed by atoms with van der Waals surface area (Å²) in [7, 11) is 0. The van der Waals surface area contributed by atoms with Gasteiger partial charge in [0.15, 0.2) is 0 Å². The van der Waals surface area contributed by atoms with Gasteiger partial charge in [0.1, 0.15) is 11.6 Å². The van der Waals surface area contributed by atoms with Crippen LogP contribution >= 0.6 is 11.6 Å². The first-order valence-corrected chi connectivity index (χ1v) is 6.31. The van der Waals surface area contributed by atoms with Crippen molar-refractivity contribution in [1.82, 2.24) is 0 Å². The lowest BCUT2D eigenvalue weighted by Gasteiger charge is -2.26. The summed E-state index contributed by atoms with van der Waals surface area (Å²) in [6.45, 7) is 0. The summed E-state index contributed by atoms with van der Waals surface area (Å²) in [5.41, 5.74) is 5.72. The molecule has 0 unspecified atom stereocenters. The van der Waals surface area contributed by atoms with E-state index in [4.69, 9.17) is 17.3 Å². The van der Waals surface area contributed by atoms with Crippen LogP contribution in [0.3, 0.4) is 0 Å². The van der Waals surface area contributed by atoms with Crippen LogP contribution in [0.1, 0.15) is 24.3 Å². The molecular weight excluding hydrogens is 298 g/mol. The third-order valence-electron chi connectivity index (χ3n) is 3.07. The molecule has 1 aliphatic rings. The smallest absolute Gasteiger partial charge is 0.405 e. The van der Waals surface area contributed by atoms with Crippen molar-refractivity contribution in [2.45, 2.75) is 31.2 Å². The lowest BCUT2D eigenvalue weighted by atomic mass is 9.85. The molecular formula is C13H12ClF4NO. The summed E-state index contributed by atoms with van der Waals surface area (Å²) in [4.78, 5) is 0. The fourth-order valence-electron chi connectivity index (χ4n) is 2.24.